The number of carbonyl (C=O) groups excluding carboxylic acids is 1. The van der Waals surface area contributed by atoms with Gasteiger partial charge in [0.2, 0.25) is 0 Å². The predicted octanol–water partition coefficient (Wildman–Crippen LogP) is 2.34. The summed E-state index contributed by atoms with van der Waals surface area (Å²) < 4.78 is 2.13. The third-order valence-electron chi connectivity index (χ3n) is 4.65. The highest BCUT2D eigenvalue weighted by Crippen LogP contribution is 2.32. The molecule has 0 fully saturated rings. The second kappa shape index (κ2) is 5.50. The van der Waals surface area contributed by atoms with Gasteiger partial charge in [0.05, 0.1) is 11.4 Å². The second-order valence-electron chi connectivity index (χ2n) is 6.38. The van der Waals surface area contributed by atoms with Gasteiger partial charge in [0.15, 0.2) is 5.82 Å². The van der Waals surface area contributed by atoms with Crippen LogP contribution in [0, 0.1) is 5.92 Å². The molecular weight excluding hydrogens is 296 g/mol. The Kier molecular flexibility index (Phi) is 3.48. The number of nitrogens with one attached hydrogen (secondary N) is 1. The first-order chi connectivity index (χ1) is 10.7. The third-order valence-corrected chi connectivity index (χ3v) is 5.88. The first kappa shape index (κ1) is 13.9. The van der Waals surface area contributed by atoms with E-state index in [9.17, 15) is 4.79 Å². The number of aromatic nitrogens is 3. The fourth-order valence-corrected chi connectivity index (χ4v) is 4.53. The van der Waals surface area contributed by atoms with Crippen LogP contribution in [0.4, 0.5) is 0 Å². The van der Waals surface area contributed by atoms with E-state index in [1.807, 2.05) is 0 Å². The van der Waals surface area contributed by atoms with E-state index in [-0.39, 0.29) is 5.91 Å². The Bertz CT molecular complexity index is 718. The van der Waals surface area contributed by atoms with Crippen molar-refractivity contribution in [3.63, 3.8) is 0 Å². The van der Waals surface area contributed by atoms with Crippen LogP contribution in [-0.2, 0) is 32.4 Å². The maximum absolute atomic E-state index is 12.4. The molecule has 1 amide bonds. The molecule has 0 radical (unpaired) electrons. The Morgan fingerprint density at radius 2 is 2.36 bits per heavy atom. The average Bonchev–Trinajstić information content (AvgIpc) is 3.19. The van der Waals surface area contributed by atoms with Crippen molar-refractivity contribution in [1.29, 1.82) is 0 Å². The van der Waals surface area contributed by atoms with E-state index in [0.717, 1.165) is 54.7 Å². The summed E-state index contributed by atoms with van der Waals surface area (Å²) in [5.41, 5.74) is 1.37. The zero-order valence-electron chi connectivity index (χ0n) is 12.8. The summed E-state index contributed by atoms with van der Waals surface area (Å²) >= 11 is 1.65. The van der Waals surface area contributed by atoms with Crippen LogP contribution >= 0.6 is 11.3 Å². The molecule has 0 unspecified atom stereocenters. The van der Waals surface area contributed by atoms with Crippen LogP contribution in [0.5, 0.6) is 0 Å². The number of amides is 1. The highest BCUT2D eigenvalue weighted by atomic mass is 32.1. The maximum atomic E-state index is 12.4. The smallest absolute Gasteiger partial charge is 0.261 e. The van der Waals surface area contributed by atoms with Gasteiger partial charge in [0.25, 0.3) is 5.91 Å². The van der Waals surface area contributed by atoms with Gasteiger partial charge in [-0.25, -0.2) is 0 Å². The lowest BCUT2D eigenvalue weighted by Gasteiger charge is -2.16. The molecule has 5 nitrogen and oxygen atoms in total. The zero-order valence-corrected chi connectivity index (χ0v) is 13.6. The van der Waals surface area contributed by atoms with Gasteiger partial charge in [-0.1, -0.05) is 6.92 Å². The molecule has 1 aliphatic heterocycles. The van der Waals surface area contributed by atoms with Gasteiger partial charge in [-0.3, -0.25) is 4.79 Å². The molecule has 2 aliphatic rings. The normalized spacial score (nSPS) is 19.8. The lowest BCUT2D eigenvalue weighted by molar-refractivity contribution is 0.0953. The minimum absolute atomic E-state index is 0.0161. The van der Waals surface area contributed by atoms with E-state index in [1.165, 1.54) is 16.9 Å². The molecule has 1 aliphatic carbocycles. The second-order valence-corrected chi connectivity index (χ2v) is 7.51. The van der Waals surface area contributed by atoms with Crippen LogP contribution in [0.15, 0.2) is 6.07 Å². The van der Waals surface area contributed by atoms with Crippen LogP contribution in [0.2, 0.25) is 0 Å². The highest BCUT2D eigenvalue weighted by Gasteiger charge is 2.21. The summed E-state index contributed by atoms with van der Waals surface area (Å²) in [6.07, 6.45) is 5.59. The minimum atomic E-state index is 0.0161. The van der Waals surface area contributed by atoms with Crippen molar-refractivity contribution >= 4 is 17.2 Å². The van der Waals surface area contributed by atoms with Crippen molar-refractivity contribution in [3.8, 4) is 0 Å². The van der Waals surface area contributed by atoms with Crippen molar-refractivity contribution < 1.29 is 4.79 Å². The Morgan fingerprint density at radius 3 is 3.27 bits per heavy atom. The minimum Gasteiger partial charge on any atom is -0.344 e. The van der Waals surface area contributed by atoms with Crippen LogP contribution in [-0.4, -0.2) is 20.7 Å². The molecule has 4 rings (SSSR count). The predicted molar refractivity (Wildman–Crippen MR) is 85.0 cm³/mol. The summed E-state index contributed by atoms with van der Waals surface area (Å²) in [5, 5.41) is 11.4. The Labute approximate surface area is 133 Å². The lowest BCUT2D eigenvalue weighted by atomic mass is 9.90. The first-order valence-electron chi connectivity index (χ1n) is 8.01. The number of nitrogens with zero attached hydrogens (tertiary/aromatic N) is 3. The van der Waals surface area contributed by atoms with Crippen molar-refractivity contribution in [2.75, 3.05) is 0 Å². The fraction of sp³-hybridized carbons (Fsp3) is 0.562. The molecule has 116 valence electrons. The van der Waals surface area contributed by atoms with Crippen molar-refractivity contribution in [1.82, 2.24) is 20.1 Å². The summed E-state index contributed by atoms with van der Waals surface area (Å²) in [6.45, 7) is 3.72. The van der Waals surface area contributed by atoms with E-state index in [1.54, 1.807) is 11.3 Å². The number of aryl methyl sites for hydroxylation is 2. The quantitative estimate of drug-likeness (QED) is 0.945. The SMILES string of the molecule is C[C@H]1CCc2sc(C(=O)NCc3nnc4n3CCC4)cc2C1. The van der Waals surface area contributed by atoms with E-state index >= 15 is 0 Å². The Balaban J connectivity index is 1.44. The van der Waals surface area contributed by atoms with Gasteiger partial charge in [-0.2, -0.15) is 0 Å². The summed E-state index contributed by atoms with van der Waals surface area (Å²) in [5.74, 6) is 2.67. The largest absolute Gasteiger partial charge is 0.344 e. The van der Waals surface area contributed by atoms with Gasteiger partial charge in [0.1, 0.15) is 5.82 Å². The van der Waals surface area contributed by atoms with Gasteiger partial charge in [-0.15, -0.1) is 21.5 Å². The van der Waals surface area contributed by atoms with Crippen molar-refractivity contribution in [2.45, 2.75) is 52.1 Å². The molecule has 0 aromatic carbocycles. The molecule has 1 atom stereocenters. The Hall–Kier alpha value is -1.69. The number of carbonyl (C=O) groups is 1. The van der Waals surface area contributed by atoms with E-state index < -0.39 is 0 Å². The summed E-state index contributed by atoms with van der Waals surface area (Å²) in [7, 11) is 0. The average molecular weight is 316 g/mol. The van der Waals surface area contributed by atoms with E-state index in [0.29, 0.717) is 6.54 Å². The molecule has 22 heavy (non-hydrogen) atoms. The molecular formula is C16H20N4OS. The molecule has 0 saturated carbocycles. The summed E-state index contributed by atoms with van der Waals surface area (Å²) in [6, 6.07) is 2.08. The van der Waals surface area contributed by atoms with Crippen LogP contribution in [0.25, 0.3) is 0 Å². The van der Waals surface area contributed by atoms with Gasteiger partial charge in [-0.05, 0) is 43.2 Å². The molecule has 2 aromatic heterocycles. The first-order valence-corrected chi connectivity index (χ1v) is 8.83. The standard InChI is InChI=1S/C16H20N4OS/c1-10-4-5-12-11(7-10)8-13(22-12)16(21)17-9-15-19-18-14-3-2-6-20(14)15/h8,10H,2-7,9H2,1H3,(H,17,21)/t10-/m0/s1. The van der Waals surface area contributed by atoms with Crippen LogP contribution in [0.1, 0.15) is 51.5 Å². The molecule has 0 spiro atoms. The summed E-state index contributed by atoms with van der Waals surface area (Å²) in [4.78, 5) is 14.6. The molecule has 2 aromatic rings. The van der Waals surface area contributed by atoms with E-state index in [2.05, 4.69) is 33.1 Å². The molecule has 0 saturated heterocycles. The van der Waals surface area contributed by atoms with Crippen molar-refractivity contribution in [2.24, 2.45) is 5.92 Å². The monoisotopic (exact) mass is 316 g/mol. The third kappa shape index (κ3) is 2.45. The van der Waals surface area contributed by atoms with Gasteiger partial charge in [0, 0.05) is 17.8 Å². The number of hydrogen-bond acceptors (Lipinski definition) is 4. The number of fused-ring (bicyclic) bond motifs is 2. The number of hydrogen-bond donors (Lipinski definition) is 1. The molecule has 1 N–H and O–H groups in total. The maximum Gasteiger partial charge on any atom is 0.261 e. The number of thiophene rings is 1. The molecule has 0 bridgehead atoms. The van der Waals surface area contributed by atoms with Gasteiger partial charge < -0.3 is 9.88 Å². The van der Waals surface area contributed by atoms with Crippen LogP contribution < -0.4 is 5.32 Å². The van der Waals surface area contributed by atoms with Gasteiger partial charge >= 0.3 is 0 Å². The highest BCUT2D eigenvalue weighted by molar-refractivity contribution is 7.14. The molecule has 6 heteroatoms. The van der Waals surface area contributed by atoms with Crippen LogP contribution in [0.3, 0.4) is 0 Å². The Morgan fingerprint density at radius 1 is 1.45 bits per heavy atom. The zero-order chi connectivity index (χ0) is 15.1. The topological polar surface area (TPSA) is 59.8 Å². The van der Waals surface area contributed by atoms with Crippen molar-refractivity contribution in [3.05, 3.63) is 33.0 Å². The fourth-order valence-electron chi connectivity index (χ4n) is 3.41. The lowest BCUT2D eigenvalue weighted by Crippen LogP contribution is -2.23. The van der Waals surface area contributed by atoms with E-state index in [4.69, 9.17) is 0 Å². The number of rotatable bonds is 3. The molecule has 3 heterocycles.